The largest absolute Gasteiger partial charge is 0.371 e. The molecular formula is C13H15F2N3. The number of benzene rings is 1. The van der Waals surface area contributed by atoms with Crippen LogP contribution in [0.5, 0.6) is 0 Å². The lowest BCUT2D eigenvalue weighted by atomic mass is 10.2. The maximum Gasteiger partial charge on any atom is 0.152 e. The number of halogens is 2. The van der Waals surface area contributed by atoms with Crippen LogP contribution in [0, 0.1) is 18.6 Å². The monoisotopic (exact) mass is 251 g/mol. The van der Waals surface area contributed by atoms with Gasteiger partial charge in [0.15, 0.2) is 5.82 Å². The molecule has 0 fully saturated rings. The minimum atomic E-state index is -0.598. The molecule has 0 amide bonds. The topological polar surface area (TPSA) is 29.9 Å². The summed E-state index contributed by atoms with van der Waals surface area (Å²) in [7, 11) is 1.84. The zero-order valence-electron chi connectivity index (χ0n) is 10.5. The van der Waals surface area contributed by atoms with Crippen molar-refractivity contribution in [3.63, 3.8) is 0 Å². The average Bonchev–Trinajstić information content (AvgIpc) is 2.76. The molecule has 0 saturated heterocycles. The molecule has 1 aromatic heterocycles. The van der Waals surface area contributed by atoms with Crippen LogP contribution in [-0.2, 0) is 7.05 Å². The molecule has 0 aliphatic carbocycles. The highest BCUT2D eigenvalue weighted by atomic mass is 19.1. The van der Waals surface area contributed by atoms with Gasteiger partial charge in [-0.1, -0.05) is 6.07 Å². The molecule has 1 aromatic carbocycles. The molecule has 1 atom stereocenters. The lowest BCUT2D eigenvalue weighted by molar-refractivity contribution is 0.576. The molecular weight excluding hydrogens is 236 g/mol. The molecule has 0 bridgehead atoms. The summed E-state index contributed by atoms with van der Waals surface area (Å²) in [5.74, 6) is -0.439. The minimum Gasteiger partial charge on any atom is -0.371 e. The first kappa shape index (κ1) is 12.5. The third-order valence-corrected chi connectivity index (χ3v) is 2.89. The summed E-state index contributed by atoms with van der Waals surface area (Å²) >= 11 is 0. The van der Waals surface area contributed by atoms with Crippen molar-refractivity contribution in [3.8, 4) is 0 Å². The lowest BCUT2D eigenvalue weighted by Crippen LogP contribution is -2.14. The van der Waals surface area contributed by atoms with Crippen LogP contribution in [0.1, 0.15) is 24.4 Å². The lowest BCUT2D eigenvalue weighted by Gasteiger charge is -2.17. The highest BCUT2D eigenvalue weighted by molar-refractivity contribution is 5.50. The van der Waals surface area contributed by atoms with E-state index in [1.54, 1.807) is 19.3 Å². The second-order valence-corrected chi connectivity index (χ2v) is 4.32. The first-order chi connectivity index (χ1) is 8.50. The van der Waals surface area contributed by atoms with Crippen molar-refractivity contribution in [3.05, 3.63) is 47.5 Å². The Labute approximate surface area is 104 Å². The fourth-order valence-corrected chi connectivity index (χ4v) is 1.86. The first-order valence-corrected chi connectivity index (χ1v) is 5.69. The van der Waals surface area contributed by atoms with Crippen molar-refractivity contribution in [1.82, 2.24) is 9.55 Å². The molecule has 96 valence electrons. The summed E-state index contributed by atoms with van der Waals surface area (Å²) in [5.41, 5.74) is 0.302. The SMILES string of the molecule is Cc1ccc(F)c(NC(C)c2nccn2C)c1F. The van der Waals surface area contributed by atoms with Gasteiger partial charge in [0.1, 0.15) is 17.3 Å². The number of hydrogen-bond acceptors (Lipinski definition) is 2. The van der Waals surface area contributed by atoms with E-state index >= 15 is 0 Å². The Bertz CT molecular complexity index is 563. The van der Waals surface area contributed by atoms with Crippen molar-refractivity contribution >= 4 is 5.69 Å². The first-order valence-electron chi connectivity index (χ1n) is 5.69. The third-order valence-electron chi connectivity index (χ3n) is 2.89. The summed E-state index contributed by atoms with van der Waals surface area (Å²) in [5, 5.41) is 2.83. The van der Waals surface area contributed by atoms with E-state index in [9.17, 15) is 8.78 Å². The molecule has 0 radical (unpaired) electrons. The normalized spacial score (nSPS) is 12.5. The molecule has 1 heterocycles. The van der Waals surface area contributed by atoms with Gasteiger partial charge in [-0.2, -0.15) is 0 Å². The van der Waals surface area contributed by atoms with Gasteiger partial charge < -0.3 is 9.88 Å². The van der Waals surface area contributed by atoms with Crippen molar-refractivity contribution < 1.29 is 8.78 Å². The van der Waals surface area contributed by atoms with E-state index in [4.69, 9.17) is 0 Å². The molecule has 0 saturated carbocycles. The maximum absolute atomic E-state index is 13.8. The van der Waals surface area contributed by atoms with Crippen LogP contribution >= 0.6 is 0 Å². The van der Waals surface area contributed by atoms with Crippen LogP contribution in [0.3, 0.4) is 0 Å². The fraction of sp³-hybridized carbons (Fsp3) is 0.308. The van der Waals surface area contributed by atoms with E-state index in [0.717, 1.165) is 5.82 Å². The summed E-state index contributed by atoms with van der Waals surface area (Å²) in [6.45, 7) is 3.41. The van der Waals surface area contributed by atoms with Crippen molar-refractivity contribution in [2.45, 2.75) is 19.9 Å². The third kappa shape index (κ3) is 2.20. The van der Waals surface area contributed by atoms with E-state index in [1.807, 2.05) is 18.5 Å². The minimum absolute atomic E-state index is 0.106. The molecule has 0 spiro atoms. The van der Waals surface area contributed by atoms with Crippen LogP contribution in [0.2, 0.25) is 0 Å². The van der Waals surface area contributed by atoms with E-state index in [2.05, 4.69) is 10.3 Å². The number of nitrogens with zero attached hydrogens (tertiary/aromatic N) is 2. The van der Waals surface area contributed by atoms with Crippen LogP contribution in [0.15, 0.2) is 24.5 Å². The van der Waals surface area contributed by atoms with Gasteiger partial charge in [0.2, 0.25) is 0 Å². The van der Waals surface area contributed by atoms with Gasteiger partial charge in [-0.25, -0.2) is 13.8 Å². The molecule has 3 nitrogen and oxygen atoms in total. The Morgan fingerprint density at radius 3 is 2.67 bits per heavy atom. The van der Waals surface area contributed by atoms with Gasteiger partial charge in [0, 0.05) is 19.4 Å². The van der Waals surface area contributed by atoms with Crippen LogP contribution < -0.4 is 5.32 Å². The summed E-state index contributed by atoms with van der Waals surface area (Å²) in [6, 6.07) is 2.39. The molecule has 5 heteroatoms. The predicted octanol–water partition coefficient (Wildman–Crippen LogP) is 3.18. The molecule has 0 aliphatic rings. The van der Waals surface area contributed by atoms with Crippen LogP contribution in [-0.4, -0.2) is 9.55 Å². The smallest absolute Gasteiger partial charge is 0.152 e. The number of aryl methyl sites for hydroxylation is 2. The molecule has 0 aliphatic heterocycles. The molecule has 2 aromatic rings. The summed E-state index contributed by atoms with van der Waals surface area (Å²) < 4.78 is 29.2. The van der Waals surface area contributed by atoms with E-state index in [0.29, 0.717) is 5.56 Å². The fourth-order valence-electron chi connectivity index (χ4n) is 1.86. The van der Waals surface area contributed by atoms with Crippen molar-refractivity contribution in [2.24, 2.45) is 7.05 Å². The molecule has 1 unspecified atom stereocenters. The maximum atomic E-state index is 13.8. The van der Waals surface area contributed by atoms with Gasteiger partial charge >= 0.3 is 0 Å². The average molecular weight is 251 g/mol. The standard InChI is InChI=1S/C13H15F2N3/c1-8-4-5-10(14)12(11(8)15)17-9(2)13-16-6-7-18(13)3/h4-7,9,17H,1-3H3. The zero-order chi connectivity index (χ0) is 13.3. The number of hydrogen-bond donors (Lipinski definition) is 1. The van der Waals surface area contributed by atoms with Gasteiger partial charge in [-0.05, 0) is 25.5 Å². The Morgan fingerprint density at radius 1 is 1.33 bits per heavy atom. The summed E-state index contributed by atoms with van der Waals surface area (Å²) in [4.78, 5) is 4.15. The van der Waals surface area contributed by atoms with Gasteiger partial charge in [-0.3, -0.25) is 0 Å². The van der Waals surface area contributed by atoms with Gasteiger partial charge in [0.05, 0.1) is 6.04 Å². The molecule has 18 heavy (non-hydrogen) atoms. The molecule has 2 rings (SSSR count). The Balaban J connectivity index is 2.30. The number of nitrogens with one attached hydrogen (secondary N) is 1. The van der Waals surface area contributed by atoms with Crippen molar-refractivity contribution in [1.29, 1.82) is 0 Å². The summed E-state index contributed by atoms with van der Waals surface area (Å²) in [6.07, 6.45) is 3.44. The quantitative estimate of drug-likeness (QED) is 0.908. The van der Waals surface area contributed by atoms with E-state index in [-0.39, 0.29) is 11.7 Å². The Morgan fingerprint density at radius 2 is 2.06 bits per heavy atom. The predicted molar refractivity (Wildman–Crippen MR) is 66.3 cm³/mol. The van der Waals surface area contributed by atoms with Crippen molar-refractivity contribution in [2.75, 3.05) is 5.32 Å². The van der Waals surface area contributed by atoms with Gasteiger partial charge in [0.25, 0.3) is 0 Å². The van der Waals surface area contributed by atoms with E-state index in [1.165, 1.54) is 12.1 Å². The highest BCUT2D eigenvalue weighted by Gasteiger charge is 2.16. The Kier molecular flexibility index (Phi) is 3.32. The number of aromatic nitrogens is 2. The molecule has 1 N–H and O–H groups in total. The second-order valence-electron chi connectivity index (χ2n) is 4.32. The van der Waals surface area contributed by atoms with Gasteiger partial charge in [-0.15, -0.1) is 0 Å². The Hall–Kier alpha value is -1.91. The van der Waals surface area contributed by atoms with Crippen LogP contribution in [0.25, 0.3) is 0 Å². The number of imidazole rings is 1. The number of anilines is 1. The highest BCUT2D eigenvalue weighted by Crippen LogP contribution is 2.25. The second kappa shape index (κ2) is 4.76. The zero-order valence-corrected chi connectivity index (χ0v) is 10.5. The number of rotatable bonds is 3. The van der Waals surface area contributed by atoms with Crippen LogP contribution in [0.4, 0.5) is 14.5 Å². The van der Waals surface area contributed by atoms with E-state index < -0.39 is 11.6 Å².